The summed E-state index contributed by atoms with van der Waals surface area (Å²) in [5.74, 6) is 1.28. The molecule has 0 heterocycles. The predicted molar refractivity (Wildman–Crippen MR) is 86.9 cm³/mol. The Labute approximate surface area is 132 Å². The van der Waals surface area contributed by atoms with Crippen molar-refractivity contribution in [1.82, 2.24) is 0 Å². The molecule has 0 saturated heterocycles. The van der Waals surface area contributed by atoms with Gasteiger partial charge < -0.3 is 24.8 Å². The van der Waals surface area contributed by atoms with E-state index in [0.29, 0.717) is 22.9 Å². The van der Waals surface area contributed by atoms with Gasteiger partial charge in [-0.3, -0.25) is 4.79 Å². The molecular weight excluding hydrogens is 284 g/mol. The van der Waals surface area contributed by atoms with Crippen molar-refractivity contribution in [1.29, 1.82) is 0 Å². The fourth-order valence-corrected chi connectivity index (χ4v) is 1.97. The molecule has 0 aliphatic carbocycles. The van der Waals surface area contributed by atoms with Gasteiger partial charge in [-0.05, 0) is 5.41 Å². The number of amides is 1. The molecule has 0 aliphatic rings. The number of rotatable bonds is 5. The molecule has 0 spiro atoms. The summed E-state index contributed by atoms with van der Waals surface area (Å²) in [4.78, 5) is 14.0. The first-order valence-electron chi connectivity index (χ1n) is 7.00. The second kappa shape index (κ2) is 6.87. The summed E-state index contributed by atoms with van der Waals surface area (Å²) in [6, 6.07) is 2.82. The van der Waals surface area contributed by atoms with Crippen LogP contribution in [0.15, 0.2) is 12.1 Å². The van der Waals surface area contributed by atoms with Crippen LogP contribution in [-0.4, -0.2) is 40.3 Å². The van der Waals surface area contributed by atoms with Crippen molar-refractivity contribution in [3.05, 3.63) is 12.1 Å². The highest BCUT2D eigenvalue weighted by Crippen LogP contribution is 2.41. The Hall–Kier alpha value is -1.95. The van der Waals surface area contributed by atoms with Crippen molar-refractivity contribution >= 4 is 11.6 Å². The number of carbonyl (C=O) groups excluding carboxylic acids is 1. The van der Waals surface area contributed by atoms with Crippen LogP contribution in [0.2, 0.25) is 0 Å². The predicted octanol–water partition coefficient (Wildman–Crippen LogP) is 2.05. The van der Waals surface area contributed by atoms with E-state index < -0.39 is 6.04 Å². The molecule has 0 radical (unpaired) electrons. The van der Waals surface area contributed by atoms with E-state index in [4.69, 9.17) is 19.9 Å². The fourth-order valence-electron chi connectivity index (χ4n) is 1.97. The molecule has 0 fully saturated rings. The molecule has 0 aromatic heterocycles. The van der Waals surface area contributed by atoms with E-state index in [1.807, 2.05) is 20.8 Å². The smallest absolute Gasteiger partial charge is 0.244 e. The van der Waals surface area contributed by atoms with Crippen LogP contribution < -0.4 is 24.8 Å². The number of methoxy groups -OCH3 is 3. The van der Waals surface area contributed by atoms with Crippen molar-refractivity contribution < 1.29 is 19.0 Å². The molecule has 6 nitrogen and oxygen atoms in total. The average Bonchev–Trinajstić information content (AvgIpc) is 2.49. The third kappa shape index (κ3) is 3.62. The zero-order valence-electron chi connectivity index (χ0n) is 14.4. The lowest BCUT2D eigenvalue weighted by Crippen LogP contribution is -2.49. The van der Waals surface area contributed by atoms with Crippen LogP contribution in [0.4, 0.5) is 5.69 Å². The third-order valence-corrected chi connectivity index (χ3v) is 3.57. The van der Waals surface area contributed by atoms with E-state index in [-0.39, 0.29) is 11.3 Å². The van der Waals surface area contributed by atoms with Gasteiger partial charge in [-0.15, -0.1) is 0 Å². The molecule has 1 rings (SSSR count). The minimum Gasteiger partial charge on any atom is -0.493 e. The molecule has 1 aromatic carbocycles. The maximum absolute atomic E-state index is 12.5. The van der Waals surface area contributed by atoms with Crippen LogP contribution in [-0.2, 0) is 4.79 Å². The van der Waals surface area contributed by atoms with Crippen LogP contribution in [0.5, 0.6) is 17.2 Å². The summed E-state index contributed by atoms with van der Waals surface area (Å²) in [6.45, 7) is 5.79. The highest BCUT2D eigenvalue weighted by molar-refractivity contribution is 5.97. The normalized spacial score (nSPS) is 12.5. The molecule has 2 N–H and O–H groups in total. The quantitative estimate of drug-likeness (QED) is 0.901. The van der Waals surface area contributed by atoms with Crippen LogP contribution in [0.25, 0.3) is 0 Å². The van der Waals surface area contributed by atoms with E-state index in [9.17, 15) is 4.79 Å². The van der Waals surface area contributed by atoms with Crippen LogP contribution >= 0.6 is 0 Å². The number of nitrogens with two attached hydrogens (primary N) is 1. The summed E-state index contributed by atoms with van der Waals surface area (Å²) in [6.07, 6.45) is 0. The summed E-state index contributed by atoms with van der Waals surface area (Å²) in [5, 5.41) is 0. The van der Waals surface area contributed by atoms with Gasteiger partial charge in [0.2, 0.25) is 11.7 Å². The van der Waals surface area contributed by atoms with E-state index in [0.717, 1.165) is 0 Å². The Bertz CT molecular complexity index is 512. The van der Waals surface area contributed by atoms with Crippen LogP contribution in [0.3, 0.4) is 0 Å². The van der Waals surface area contributed by atoms with Gasteiger partial charge in [0.05, 0.1) is 33.1 Å². The Kier molecular flexibility index (Phi) is 5.65. The summed E-state index contributed by atoms with van der Waals surface area (Å²) >= 11 is 0. The summed E-state index contributed by atoms with van der Waals surface area (Å²) < 4.78 is 15.9. The maximum atomic E-state index is 12.5. The van der Waals surface area contributed by atoms with Crippen molar-refractivity contribution in [2.45, 2.75) is 26.8 Å². The molecule has 0 unspecified atom stereocenters. The Balaban J connectivity index is 3.24. The Morgan fingerprint density at radius 1 is 1.09 bits per heavy atom. The molecule has 1 atom stereocenters. The largest absolute Gasteiger partial charge is 0.493 e. The van der Waals surface area contributed by atoms with Crippen LogP contribution in [0, 0.1) is 5.41 Å². The number of hydrogen-bond donors (Lipinski definition) is 1. The molecule has 1 aromatic rings. The molecule has 1 amide bonds. The van der Waals surface area contributed by atoms with Gasteiger partial charge in [0.25, 0.3) is 0 Å². The molecule has 0 bridgehead atoms. The summed E-state index contributed by atoms with van der Waals surface area (Å²) in [5.41, 5.74) is 6.35. The number of benzene rings is 1. The van der Waals surface area contributed by atoms with Gasteiger partial charge in [0, 0.05) is 19.2 Å². The fraction of sp³-hybridized carbons (Fsp3) is 0.562. The number of nitrogens with zero attached hydrogens (tertiary/aromatic N) is 1. The van der Waals surface area contributed by atoms with Crippen molar-refractivity contribution in [2.24, 2.45) is 11.1 Å². The molecular formula is C16H26N2O4. The lowest BCUT2D eigenvalue weighted by atomic mass is 9.86. The zero-order chi connectivity index (χ0) is 17.1. The van der Waals surface area contributed by atoms with E-state index in [2.05, 4.69) is 0 Å². The molecule has 6 heteroatoms. The number of anilines is 1. The van der Waals surface area contributed by atoms with Gasteiger partial charge in [0.1, 0.15) is 0 Å². The van der Waals surface area contributed by atoms with Crippen molar-refractivity contribution in [3.63, 3.8) is 0 Å². The zero-order valence-corrected chi connectivity index (χ0v) is 14.4. The minimum absolute atomic E-state index is 0.179. The average molecular weight is 310 g/mol. The molecule has 124 valence electrons. The number of ether oxygens (including phenoxy) is 3. The summed E-state index contributed by atoms with van der Waals surface area (Å²) in [7, 11) is 6.27. The van der Waals surface area contributed by atoms with Gasteiger partial charge in [-0.25, -0.2) is 0 Å². The number of likely N-dealkylation sites (N-methyl/N-ethyl adjacent to an activating group) is 1. The standard InChI is InChI=1S/C16H26N2O4/c1-16(2,3)14(17)15(19)18(4)10-8-11(20-5)13(22-7)12(9-10)21-6/h8-9,14H,17H2,1-7H3/t14-/m1/s1. The molecule has 0 aliphatic heterocycles. The van der Waals surface area contributed by atoms with Gasteiger partial charge in [-0.2, -0.15) is 0 Å². The second-order valence-corrected chi connectivity index (χ2v) is 6.12. The lowest BCUT2D eigenvalue weighted by molar-refractivity contribution is -0.121. The molecule has 22 heavy (non-hydrogen) atoms. The Morgan fingerprint density at radius 2 is 1.55 bits per heavy atom. The highest BCUT2D eigenvalue weighted by atomic mass is 16.5. The second-order valence-electron chi connectivity index (χ2n) is 6.12. The maximum Gasteiger partial charge on any atom is 0.244 e. The van der Waals surface area contributed by atoms with Crippen LogP contribution in [0.1, 0.15) is 20.8 Å². The van der Waals surface area contributed by atoms with Crippen molar-refractivity contribution in [2.75, 3.05) is 33.3 Å². The first-order valence-corrected chi connectivity index (χ1v) is 7.00. The SMILES string of the molecule is COc1cc(N(C)C(=O)[C@@H](N)C(C)(C)C)cc(OC)c1OC. The number of carbonyl (C=O) groups is 1. The lowest BCUT2D eigenvalue weighted by Gasteiger charge is -2.30. The number of hydrogen-bond acceptors (Lipinski definition) is 5. The van der Waals surface area contributed by atoms with Gasteiger partial charge >= 0.3 is 0 Å². The monoisotopic (exact) mass is 310 g/mol. The van der Waals surface area contributed by atoms with Gasteiger partial charge in [-0.1, -0.05) is 20.8 Å². The molecule has 0 saturated carbocycles. The Morgan fingerprint density at radius 3 is 1.86 bits per heavy atom. The third-order valence-electron chi connectivity index (χ3n) is 3.57. The minimum atomic E-state index is -0.614. The van der Waals surface area contributed by atoms with Crippen molar-refractivity contribution in [3.8, 4) is 17.2 Å². The highest BCUT2D eigenvalue weighted by Gasteiger charge is 2.31. The topological polar surface area (TPSA) is 74.0 Å². The van der Waals surface area contributed by atoms with E-state index in [1.165, 1.54) is 26.2 Å². The first kappa shape index (κ1) is 18.1. The first-order chi connectivity index (χ1) is 10.2. The van der Waals surface area contributed by atoms with Gasteiger partial charge in [0.15, 0.2) is 11.5 Å². The van der Waals surface area contributed by atoms with E-state index in [1.54, 1.807) is 19.2 Å². The van der Waals surface area contributed by atoms with E-state index >= 15 is 0 Å².